The summed E-state index contributed by atoms with van der Waals surface area (Å²) in [4.78, 5) is 43.8. The van der Waals surface area contributed by atoms with Gasteiger partial charge in [0.25, 0.3) is 5.56 Å². The van der Waals surface area contributed by atoms with Gasteiger partial charge in [-0.15, -0.1) is 0 Å². The van der Waals surface area contributed by atoms with Gasteiger partial charge in [0.1, 0.15) is 12.4 Å². The Morgan fingerprint density at radius 3 is 2.11 bits per heavy atom. The molecule has 0 aliphatic carbocycles. The highest BCUT2D eigenvalue weighted by Gasteiger charge is 2.24. The summed E-state index contributed by atoms with van der Waals surface area (Å²) in [5, 5.41) is 13.5. The number of nitrogens with zero attached hydrogens (tertiary/aromatic N) is 3. The lowest BCUT2D eigenvalue weighted by Crippen LogP contribution is -2.37. The van der Waals surface area contributed by atoms with Crippen LogP contribution in [0.1, 0.15) is 5.76 Å². The van der Waals surface area contributed by atoms with Crippen molar-refractivity contribution in [1.29, 1.82) is 0 Å². The van der Waals surface area contributed by atoms with E-state index in [0.717, 1.165) is 26.1 Å². The van der Waals surface area contributed by atoms with Gasteiger partial charge < -0.3 is 9.52 Å². The quantitative estimate of drug-likeness (QED) is 0.394. The second-order valence-electron chi connectivity index (χ2n) is 8.50. The molecule has 0 bridgehead atoms. The Hall–Kier alpha value is -4.56. The molecule has 8 heteroatoms. The summed E-state index contributed by atoms with van der Waals surface area (Å²) in [7, 11) is 2.91. The first-order valence-corrected chi connectivity index (χ1v) is 11.0. The van der Waals surface area contributed by atoms with Crippen LogP contribution in [0.25, 0.3) is 54.8 Å². The molecule has 0 radical (unpaired) electrons. The Morgan fingerprint density at radius 1 is 0.857 bits per heavy atom. The fourth-order valence-corrected chi connectivity index (χ4v) is 4.81. The average Bonchev–Trinajstić information content (AvgIpc) is 2.88. The summed E-state index contributed by atoms with van der Waals surface area (Å²) >= 11 is 0. The number of aromatic nitrogens is 3. The Bertz CT molecular complexity index is 1980. The molecule has 0 aliphatic rings. The Labute approximate surface area is 196 Å². The van der Waals surface area contributed by atoms with Crippen molar-refractivity contribution < 1.29 is 9.52 Å². The number of rotatable bonds is 2. The maximum atomic E-state index is 13.6. The summed E-state index contributed by atoms with van der Waals surface area (Å²) in [6, 6.07) is 18.7. The minimum atomic E-state index is -0.556. The molecule has 0 spiro atoms. The predicted octanol–water partition coefficient (Wildman–Crippen LogP) is 3.20. The molecule has 0 amide bonds. The Morgan fingerprint density at radius 2 is 1.49 bits per heavy atom. The van der Waals surface area contributed by atoms with Crippen molar-refractivity contribution in [2.24, 2.45) is 14.1 Å². The number of hydrogen-bond donors (Lipinski definition) is 1. The first-order valence-electron chi connectivity index (χ1n) is 11.0. The van der Waals surface area contributed by atoms with E-state index >= 15 is 0 Å². The van der Waals surface area contributed by atoms with Gasteiger partial charge in [-0.1, -0.05) is 48.5 Å². The first-order chi connectivity index (χ1) is 16.9. The molecule has 35 heavy (non-hydrogen) atoms. The van der Waals surface area contributed by atoms with Crippen LogP contribution in [0.3, 0.4) is 0 Å². The van der Waals surface area contributed by atoms with E-state index in [0.29, 0.717) is 11.1 Å². The van der Waals surface area contributed by atoms with E-state index in [4.69, 9.17) is 4.42 Å². The number of aliphatic hydroxyl groups excluding tert-OH is 1. The maximum absolute atomic E-state index is 13.6. The van der Waals surface area contributed by atoms with Gasteiger partial charge in [-0.25, -0.2) is 9.78 Å². The number of aryl methyl sites for hydroxylation is 1. The van der Waals surface area contributed by atoms with Crippen LogP contribution in [0.2, 0.25) is 0 Å². The lowest BCUT2D eigenvalue weighted by atomic mass is 9.90. The van der Waals surface area contributed by atoms with Crippen LogP contribution in [0.4, 0.5) is 0 Å². The van der Waals surface area contributed by atoms with Gasteiger partial charge in [0, 0.05) is 31.3 Å². The predicted molar refractivity (Wildman–Crippen MR) is 135 cm³/mol. The van der Waals surface area contributed by atoms with Crippen LogP contribution in [0, 0.1) is 0 Å². The van der Waals surface area contributed by atoms with Crippen molar-refractivity contribution >= 4 is 43.7 Å². The lowest BCUT2D eigenvalue weighted by Gasteiger charge is -2.17. The van der Waals surface area contributed by atoms with Gasteiger partial charge in [0.2, 0.25) is 5.43 Å². The highest BCUT2D eigenvalue weighted by atomic mass is 16.4. The summed E-state index contributed by atoms with van der Waals surface area (Å²) in [5.41, 5.74) is -0.387. The molecule has 0 unspecified atom stereocenters. The topological polar surface area (TPSA) is 107 Å². The summed E-state index contributed by atoms with van der Waals surface area (Å²) < 4.78 is 8.27. The zero-order valence-corrected chi connectivity index (χ0v) is 18.9. The smallest absolute Gasteiger partial charge is 0.332 e. The molecule has 0 fully saturated rings. The standard InChI is InChI=1S/C27H19N3O5/c1-29-25-22(26(33)30(2)27(29)34)21(24-23(28-25)19(32)12-16(13-31)35-24)20-17-9-5-3-7-14(17)11-15-8-4-6-10-18(15)20/h3-12,31H,13H2,1-2H3. The molecule has 3 heterocycles. The minimum absolute atomic E-state index is 0.0232. The van der Waals surface area contributed by atoms with E-state index in [9.17, 15) is 19.5 Å². The van der Waals surface area contributed by atoms with Gasteiger partial charge in [0.15, 0.2) is 16.7 Å². The van der Waals surface area contributed by atoms with E-state index < -0.39 is 23.3 Å². The van der Waals surface area contributed by atoms with E-state index in [1.165, 1.54) is 24.7 Å². The van der Waals surface area contributed by atoms with Crippen molar-refractivity contribution in [3.63, 3.8) is 0 Å². The fourth-order valence-electron chi connectivity index (χ4n) is 4.81. The van der Waals surface area contributed by atoms with Gasteiger partial charge in [-0.3, -0.25) is 18.7 Å². The summed E-state index contributed by atoms with van der Waals surface area (Å²) in [5.74, 6) is 0.0519. The first kappa shape index (κ1) is 21.0. The number of hydrogen-bond acceptors (Lipinski definition) is 6. The SMILES string of the molecule is Cn1c(=O)c2c(-c3c4ccccc4cc4ccccc34)c3oc(CO)cc(=O)c3nc2n(C)c1=O. The van der Waals surface area contributed by atoms with Crippen molar-refractivity contribution in [3.8, 4) is 11.1 Å². The number of benzene rings is 3. The highest BCUT2D eigenvalue weighted by molar-refractivity contribution is 6.20. The van der Waals surface area contributed by atoms with E-state index in [1.54, 1.807) is 0 Å². The van der Waals surface area contributed by atoms with Crippen LogP contribution in [-0.4, -0.2) is 19.2 Å². The second kappa shape index (κ2) is 7.48. The molecular formula is C27H19N3O5. The van der Waals surface area contributed by atoms with Gasteiger partial charge in [0.05, 0.1) is 5.39 Å². The molecule has 0 aliphatic heterocycles. The molecule has 1 N–H and O–H groups in total. The van der Waals surface area contributed by atoms with Crippen molar-refractivity contribution in [2.75, 3.05) is 0 Å². The molecular weight excluding hydrogens is 446 g/mol. The molecule has 0 saturated carbocycles. The number of pyridine rings is 1. The van der Waals surface area contributed by atoms with Crippen LogP contribution in [0.5, 0.6) is 0 Å². The van der Waals surface area contributed by atoms with Gasteiger partial charge in [-0.2, -0.15) is 0 Å². The highest BCUT2D eigenvalue weighted by Crippen LogP contribution is 2.41. The minimum Gasteiger partial charge on any atom is -0.456 e. The molecule has 0 saturated heterocycles. The van der Waals surface area contributed by atoms with E-state index in [2.05, 4.69) is 11.1 Å². The largest absolute Gasteiger partial charge is 0.456 e. The van der Waals surface area contributed by atoms with Crippen LogP contribution in [0.15, 0.2) is 79.5 Å². The zero-order valence-electron chi connectivity index (χ0n) is 18.9. The molecule has 6 rings (SSSR count). The second-order valence-corrected chi connectivity index (χ2v) is 8.50. The number of fused-ring (bicyclic) bond motifs is 4. The van der Waals surface area contributed by atoms with Gasteiger partial charge >= 0.3 is 5.69 Å². The number of aliphatic hydroxyl groups is 1. The third-order valence-electron chi connectivity index (χ3n) is 6.48. The fraction of sp³-hybridized carbons (Fsp3) is 0.111. The van der Waals surface area contributed by atoms with Crippen LogP contribution in [-0.2, 0) is 20.7 Å². The summed E-state index contributed by atoms with van der Waals surface area (Å²) in [6.07, 6.45) is 0. The van der Waals surface area contributed by atoms with Crippen molar-refractivity contribution in [2.45, 2.75) is 6.61 Å². The van der Waals surface area contributed by atoms with Crippen molar-refractivity contribution in [3.05, 3.63) is 97.5 Å². The third-order valence-corrected chi connectivity index (χ3v) is 6.48. The Kier molecular flexibility index (Phi) is 4.49. The van der Waals surface area contributed by atoms with E-state index in [1.807, 2.05) is 48.5 Å². The van der Waals surface area contributed by atoms with E-state index in [-0.39, 0.29) is 27.9 Å². The summed E-state index contributed by atoms with van der Waals surface area (Å²) in [6.45, 7) is -0.496. The van der Waals surface area contributed by atoms with Crippen molar-refractivity contribution in [1.82, 2.24) is 14.1 Å². The normalized spacial score (nSPS) is 11.7. The molecule has 0 atom stereocenters. The lowest BCUT2D eigenvalue weighted by molar-refractivity contribution is 0.249. The van der Waals surface area contributed by atoms with Gasteiger partial charge in [-0.05, 0) is 27.6 Å². The van der Waals surface area contributed by atoms with Crippen LogP contribution >= 0.6 is 0 Å². The average molecular weight is 465 g/mol. The third kappa shape index (κ3) is 2.90. The molecule has 3 aromatic carbocycles. The molecule has 6 aromatic rings. The Balaban J connectivity index is 2.04. The zero-order chi connectivity index (χ0) is 24.4. The molecule has 3 aromatic heterocycles. The molecule has 8 nitrogen and oxygen atoms in total. The maximum Gasteiger partial charge on any atom is 0.332 e. The van der Waals surface area contributed by atoms with Crippen LogP contribution < -0.4 is 16.7 Å². The molecule has 172 valence electrons. The monoisotopic (exact) mass is 465 g/mol.